The SMILES string of the molecule is Cc1ccc(N(c2ccccc2)c2ccc(C=Cc3cc([N+](=O)[O-])c4cc(C=Cc5ccc(N(c6ccccc6)c6ccc(C)cc6)cc5)cc(OON)c4c3)cc2)cc1. The number of nitrogens with two attached hydrogens (primary N) is 1. The minimum atomic E-state index is -0.385. The summed E-state index contributed by atoms with van der Waals surface area (Å²) in [6, 6.07) is 60.6. The van der Waals surface area contributed by atoms with Crippen molar-refractivity contribution >= 4 is 74.9 Å². The number of fused-ring (bicyclic) bond motifs is 1. The lowest BCUT2D eigenvalue weighted by atomic mass is 10.00. The molecule has 0 saturated carbocycles. The van der Waals surface area contributed by atoms with Crippen molar-refractivity contribution in [3.05, 3.63) is 225 Å². The number of non-ortho nitro benzene ring substituents is 1. The van der Waals surface area contributed by atoms with Gasteiger partial charge in [-0.15, -0.1) is 0 Å². The molecule has 0 aliphatic carbocycles. The molecule has 0 atom stereocenters. The van der Waals surface area contributed by atoms with Crippen molar-refractivity contribution in [2.45, 2.75) is 13.8 Å². The second-order valence-corrected chi connectivity index (χ2v) is 14.5. The molecule has 0 bridgehead atoms. The lowest BCUT2D eigenvalue weighted by molar-refractivity contribution is -0.383. The zero-order valence-corrected chi connectivity index (χ0v) is 33.2. The van der Waals surface area contributed by atoms with E-state index in [0.29, 0.717) is 21.9 Å². The van der Waals surface area contributed by atoms with Crippen LogP contribution >= 0.6 is 0 Å². The van der Waals surface area contributed by atoms with Gasteiger partial charge in [0.05, 0.1) is 10.3 Å². The van der Waals surface area contributed by atoms with Crippen LogP contribution in [0.2, 0.25) is 0 Å². The minimum Gasteiger partial charge on any atom is -0.319 e. The van der Waals surface area contributed by atoms with Gasteiger partial charge in [0, 0.05) is 45.6 Å². The van der Waals surface area contributed by atoms with Gasteiger partial charge in [0.15, 0.2) is 5.75 Å². The molecule has 8 aromatic carbocycles. The number of hydrogen-bond acceptors (Lipinski definition) is 7. The van der Waals surface area contributed by atoms with Crippen molar-refractivity contribution in [3.8, 4) is 5.75 Å². The van der Waals surface area contributed by atoms with Crippen LogP contribution in [-0.4, -0.2) is 4.92 Å². The van der Waals surface area contributed by atoms with Crippen molar-refractivity contribution in [2.75, 3.05) is 9.80 Å². The lowest BCUT2D eigenvalue weighted by Gasteiger charge is -2.25. The summed E-state index contributed by atoms with van der Waals surface area (Å²) in [6.07, 6.45) is 7.60. The molecule has 0 aliphatic rings. The lowest BCUT2D eigenvalue weighted by Crippen LogP contribution is -2.09. The molecule has 8 aromatic rings. The summed E-state index contributed by atoms with van der Waals surface area (Å²) in [6.45, 7) is 4.15. The first-order valence-corrected chi connectivity index (χ1v) is 19.5. The van der Waals surface area contributed by atoms with Gasteiger partial charge in [-0.25, -0.2) is 0 Å². The summed E-state index contributed by atoms with van der Waals surface area (Å²) in [7, 11) is 0. The standard InChI is InChI=1S/C52H42N4O4/c1-37-13-25-45(26-14-37)54(43-9-5-3-6-10-43)47-29-21-39(22-30-47)17-19-41-34-50-49(51(35-41)56(57)58)33-42(36-52(50)59-60-53)20-18-40-23-31-48(32-24-40)55(44-11-7-4-8-12-44)46-27-15-38(2)16-28-46/h3-36H,53H2,1-2H3. The van der Waals surface area contributed by atoms with Crippen LogP contribution in [0.3, 0.4) is 0 Å². The summed E-state index contributed by atoms with van der Waals surface area (Å²) in [4.78, 5) is 26.6. The summed E-state index contributed by atoms with van der Waals surface area (Å²) < 4.78 is 0. The van der Waals surface area contributed by atoms with E-state index in [2.05, 4.69) is 126 Å². The van der Waals surface area contributed by atoms with Gasteiger partial charge in [-0.1, -0.05) is 125 Å². The van der Waals surface area contributed by atoms with Crippen LogP contribution in [0.15, 0.2) is 182 Å². The van der Waals surface area contributed by atoms with Gasteiger partial charge >= 0.3 is 0 Å². The van der Waals surface area contributed by atoms with Crippen molar-refractivity contribution < 1.29 is 14.8 Å². The third-order valence-corrected chi connectivity index (χ3v) is 10.2. The number of nitro benzene ring substituents is 1. The Kier molecular flexibility index (Phi) is 11.6. The second kappa shape index (κ2) is 17.8. The predicted octanol–water partition coefficient (Wildman–Crippen LogP) is 13.8. The molecule has 0 aromatic heterocycles. The Bertz CT molecular complexity index is 2790. The Morgan fingerprint density at radius 2 is 0.833 bits per heavy atom. The Morgan fingerprint density at radius 1 is 0.467 bits per heavy atom. The highest BCUT2D eigenvalue weighted by Crippen LogP contribution is 2.38. The van der Waals surface area contributed by atoms with Crippen molar-refractivity contribution in [3.63, 3.8) is 0 Å². The van der Waals surface area contributed by atoms with Gasteiger partial charge < -0.3 is 14.7 Å². The van der Waals surface area contributed by atoms with Gasteiger partial charge in [0.2, 0.25) is 0 Å². The Labute approximate surface area is 349 Å². The summed E-state index contributed by atoms with van der Waals surface area (Å²) in [5, 5.41) is 13.4. The van der Waals surface area contributed by atoms with Crippen molar-refractivity contribution in [1.82, 2.24) is 0 Å². The first-order valence-electron chi connectivity index (χ1n) is 19.5. The van der Waals surface area contributed by atoms with Crippen LogP contribution in [-0.2, 0) is 4.99 Å². The smallest absolute Gasteiger partial charge is 0.277 e. The zero-order chi connectivity index (χ0) is 41.4. The molecule has 0 unspecified atom stereocenters. The fourth-order valence-electron chi connectivity index (χ4n) is 7.21. The van der Waals surface area contributed by atoms with Gasteiger partial charge in [-0.2, -0.15) is 5.90 Å². The third kappa shape index (κ3) is 8.85. The maximum atomic E-state index is 12.5. The van der Waals surface area contributed by atoms with Crippen molar-refractivity contribution in [1.29, 1.82) is 0 Å². The summed E-state index contributed by atoms with van der Waals surface area (Å²) >= 11 is 0. The molecular weight excluding hydrogens is 745 g/mol. The van der Waals surface area contributed by atoms with E-state index >= 15 is 0 Å². The van der Waals surface area contributed by atoms with Crippen LogP contribution in [0, 0.1) is 24.0 Å². The number of nitrogens with zero attached hydrogens (tertiary/aromatic N) is 3. The number of hydrogen-bond donors (Lipinski definition) is 1. The third-order valence-electron chi connectivity index (χ3n) is 10.2. The molecule has 8 nitrogen and oxygen atoms in total. The first-order chi connectivity index (χ1) is 29.3. The van der Waals surface area contributed by atoms with E-state index < -0.39 is 0 Å². The van der Waals surface area contributed by atoms with E-state index in [-0.39, 0.29) is 16.4 Å². The topological polar surface area (TPSA) is 94.1 Å². The van der Waals surface area contributed by atoms with Crippen LogP contribution in [0.1, 0.15) is 33.4 Å². The molecule has 8 heteroatoms. The summed E-state index contributed by atoms with van der Waals surface area (Å²) in [5.41, 5.74) is 11.7. The maximum absolute atomic E-state index is 12.5. The Hall–Kier alpha value is -7.78. The molecule has 294 valence electrons. The van der Waals surface area contributed by atoms with Crippen LogP contribution in [0.5, 0.6) is 5.75 Å². The Morgan fingerprint density at radius 3 is 1.25 bits per heavy atom. The number of rotatable bonds is 13. The highest BCUT2D eigenvalue weighted by molar-refractivity contribution is 5.99. The van der Waals surface area contributed by atoms with Gasteiger partial charge in [0.1, 0.15) is 0 Å². The number of para-hydroxylation sites is 2. The number of nitro groups is 1. The average Bonchev–Trinajstić information content (AvgIpc) is 3.28. The van der Waals surface area contributed by atoms with Crippen molar-refractivity contribution in [2.24, 2.45) is 5.90 Å². The van der Waals surface area contributed by atoms with E-state index in [1.807, 2.05) is 91.0 Å². The normalized spacial score (nSPS) is 11.3. The average molecular weight is 787 g/mol. The molecule has 0 radical (unpaired) electrons. The van der Waals surface area contributed by atoms with Crippen LogP contribution in [0.25, 0.3) is 35.1 Å². The van der Waals surface area contributed by atoms with E-state index in [4.69, 9.17) is 10.8 Å². The minimum absolute atomic E-state index is 0.0716. The highest BCUT2D eigenvalue weighted by atomic mass is 17.3. The molecule has 0 spiro atoms. The monoisotopic (exact) mass is 786 g/mol. The predicted molar refractivity (Wildman–Crippen MR) is 246 cm³/mol. The molecule has 0 aliphatic heterocycles. The van der Waals surface area contributed by atoms with E-state index in [1.165, 1.54) is 11.1 Å². The molecule has 8 rings (SSSR count). The molecule has 2 N–H and O–H groups in total. The zero-order valence-electron chi connectivity index (χ0n) is 33.2. The molecular formula is C52H42N4O4. The Balaban J connectivity index is 1.06. The van der Waals surface area contributed by atoms with E-state index in [0.717, 1.165) is 45.3 Å². The maximum Gasteiger partial charge on any atom is 0.277 e. The second-order valence-electron chi connectivity index (χ2n) is 14.5. The van der Waals surface area contributed by atoms with E-state index in [9.17, 15) is 10.1 Å². The molecule has 0 saturated heterocycles. The largest absolute Gasteiger partial charge is 0.319 e. The van der Waals surface area contributed by atoms with Crippen LogP contribution < -0.4 is 20.6 Å². The van der Waals surface area contributed by atoms with Gasteiger partial charge in [0.25, 0.3) is 5.69 Å². The fourth-order valence-corrected chi connectivity index (χ4v) is 7.21. The number of aryl methyl sites for hydroxylation is 2. The first kappa shape index (κ1) is 39.1. The number of anilines is 6. The van der Waals surface area contributed by atoms with Gasteiger partial charge in [-0.3, -0.25) is 10.1 Å². The van der Waals surface area contributed by atoms with Crippen LogP contribution in [0.4, 0.5) is 39.8 Å². The molecule has 0 amide bonds. The van der Waals surface area contributed by atoms with E-state index in [1.54, 1.807) is 18.2 Å². The highest BCUT2D eigenvalue weighted by Gasteiger charge is 2.19. The molecule has 0 heterocycles. The summed E-state index contributed by atoms with van der Waals surface area (Å²) in [5.74, 6) is 5.64. The molecule has 60 heavy (non-hydrogen) atoms. The number of benzene rings is 8. The quantitative estimate of drug-likeness (QED) is 0.0538. The van der Waals surface area contributed by atoms with Gasteiger partial charge in [-0.05, 0) is 127 Å². The molecule has 0 fully saturated rings. The fraction of sp³-hybridized carbons (Fsp3) is 0.0385.